The van der Waals surface area contributed by atoms with Crippen molar-refractivity contribution in [2.45, 2.75) is 18.9 Å². The predicted octanol–water partition coefficient (Wildman–Crippen LogP) is 2.04. The van der Waals surface area contributed by atoms with Crippen LogP contribution in [0.5, 0.6) is 0 Å². The molecule has 3 rings (SSSR count). The van der Waals surface area contributed by atoms with Gasteiger partial charge >= 0.3 is 0 Å². The number of hydrogen-bond donors (Lipinski definition) is 2. The highest BCUT2D eigenvalue weighted by atomic mass is 19.1. The van der Waals surface area contributed by atoms with Crippen molar-refractivity contribution >= 4 is 0 Å². The summed E-state index contributed by atoms with van der Waals surface area (Å²) >= 11 is 0. The van der Waals surface area contributed by atoms with Crippen LogP contribution in [-0.2, 0) is 0 Å². The van der Waals surface area contributed by atoms with Gasteiger partial charge in [0.25, 0.3) is 0 Å². The van der Waals surface area contributed by atoms with Gasteiger partial charge < -0.3 is 5.32 Å². The standard InChI is InChI=1S/C12H13FN4/c13-9-5-3-8(4-6-9)11-15-12(17-16-11)10-2-1-7-14-10/h3-6,10,14H,1-2,7H2,(H,15,16,17)/t10-/m0/s1. The molecule has 1 saturated heterocycles. The molecule has 0 saturated carbocycles. The maximum Gasteiger partial charge on any atom is 0.181 e. The SMILES string of the molecule is Fc1ccc(-c2n[nH]c([C@@H]3CCCN3)n2)cc1. The number of benzene rings is 1. The van der Waals surface area contributed by atoms with Gasteiger partial charge in [-0.3, -0.25) is 5.10 Å². The van der Waals surface area contributed by atoms with Crippen LogP contribution < -0.4 is 5.32 Å². The van der Waals surface area contributed by atoms with Crippen molar-refractivity contribution < 1.29 is 4.39 Å². The molecule has 1 aliphatic rings. The highest BCUT2D eigenvalue weighted by molar-refractivity contribution is 5.54. The van der Waals surface area contributed by atoms with E-state index in [4.69, 9.17) is 0 Å². The van der Waals surface area contributed by atoms with Crippen molar-refractivity contribution in [2.75, 3.05) is 6.54 Å². The third-order valence-electron chi connectivity index (χ3n) is 3.00. The Morgan fingerprint density at radius 2 is 2.06 bits per heavy atom. The van der Waals surface area contributed by atoms with Crippen LogP contribution in [0.4, 0.5) is 4.39 Å². The van der Waals surface area contributed by atoms with Gasteiger partial charge in [0.1, 0.15) is 11.6 Å². The monoisotopic (exact) mass is 232 g/mol. The molecule has 1 aliphatic heterocycles. The van der Waals surface area contributed by atoms with E-state index in [2.05, 4.69) is 20.5 Å². The Kier molecular flexibility index (Phi) is 2.60. The van der Waals surface area contributed by atoms with Crippen LogP contribution in [-0.4, -0.2) is 21.7 Å². The summed E-state index contributed by atoms with van der Waals surface area (Å²) in [7, 11) is 0. The van der Waals surface area contributed by atoms with E-state index in [1.807, 2.05) is 0 Å². The highest BCUT2D eigenvalue weighted by Crippen LogP contribution is 2.22. The van der Waals surface area contributed by atoms with E-state index in [-0.39, 0.29) is 11.9 Å². The molecule has 4 nitrogen and oxygen atoms in total. The molecule has 2 aromatic rings. The second kappa shape index (κ2) is 4.25. The quantitative estimate of drug-likeness (QED) is 0.833. The fraction of sp³-hybridized carbons (Fsp3) is 0.333. The minimum atomic E-state index is -0.248. The second-order valence-electron chi connectivity index (χ2n) is 4.20. The summed E-state index contributed by atoms with van der Waals surface area (Å²) in [6.07, 6.45) is 2.25. The normalized spacial score (nSPS) is 19.7. The molecule has 0 spiro atoms. The van der Waals surface area contributed by atoms with Crippen LogP contribution in [0.2, 0.25) is 0 Å². The van der Waals surface area contributed by atoms with Crippen molar-refractivity contribution in [3.05, 3.63) is 35.9 Å². The first kappa shape index (κ1) is 10.4. The maximum atomic E-state index is 12.8. The average molecular weight is 232 g/mol. The van der Waals surface area contributed by atoms with Crippen molar-refractivity contribution in [3.8, 4) is 11.4 Å². The number of hydrogen-bond acceptors (Lipinski definition) is 3. The molecule has 1 fully saturated rings. The largest absolute Gasteiger partial charge is 0.307 e. The lowest BCUT2D eigenvalue weighted by Gasteiger charge is -2.03. The zero-order chi connectivity index (χ0) is 11.7. The van der Waals surface area contributed by atoms with Gasteiger partial charge in [-0.2, -0.15) is 5.10 Å². The molecular formula is C12H13FN4. The summed E-state index contributed by atoms with van der Waals surface area (Å²) in [5, 5.41) is 10.5. The van der Waals surface area contributed by atoms with Crippen LogP contribution in [0.3, 0.4) is 0 Å². The molecule has 1 aromatic heterocycles. The third kappa shape index (κ3) is 2.06. The minimum Gasteiger partial charge on any atom is -0.307 e. The summed E-state index contributed by atoms with van der Waals surface area (Å²) < 4.78 is 12.8. The second-order valence-corrected chi connectivity index (χ2v) is 4.20. The van der Waals surface area contributed by atoms with Crippen LogP contribution in [0, 0.1) is 5.82 Å². The molecule has 0 amide bonds. The first-order valence-electron chi connectivity index (χ1n) is 5.74. The zero-order valence-corrected chi connectivity index (χ0v) is 9.28. The molecule has 2 heterocycles. The van der Waals surface area contributed by atoms with Gasteiger partial charge in [0, 0.05) is 5.56 Å². The first-order valence-corrected chi connectivity index (χ1v) is 5.74. The molecule has 0 unspecified atom stereocenters. The Morgan fingerprint density at radius 3 is 2.76 bits per heavy atom. The summed E-state index contributed by atoms with van der Waals surface area (Å²) in [6, 6.07) is 6.48. The van der Waals surface area contributed by atoms with E-state index in [0.717, 1.165) is 30.8 Å². The van der Waals surface area contributed by atoms with Crippen LogP contribution >= 0.6 is 0 Å². The highest BCUT2D eigenvalue weighted by Gasteiger charge is 2.20. The number of rotatable bonds is 2. The predicted molar refractivity (Wildman–Crippen MR) is 61.8 cm³/mol. The topological polar surface area (TPSA) is 53.6 Å². The minimum absolute atomic E-state index is 0.248. The molecule has 0 aliphatic carbocycles. The molecule has 1 aromatic carbocycles. The van der Waals surface area contributed by atoms with Crippen molar-refractivity contribution in [2.24, 2.45) is 0 Å². The number of halogens is 1. The molecule has 17 heavy (non-hydrogen) atoms. The lowest BCUT2D eigenvalue weighted by molar-refractivity contribution is 0.608. The maximum absolute atomic E-state index is 12.8. The van der Waals surface area contributed by atoms with E-state index >= 15 is 0 Å². The molecular weight excluding hydrogens is 219 g/mol. The molecule has 88 valence electrons. The van der Waals surface area contributed by atoms with E-state index in [1.165, 1.54) is 12.1 Å². The average Bonchev–Trinajstić information content (AvgIpc) is 3.00. The number of aromatic amines is 1. The van der Waals surface area contributed by atoms with E-state index in [1.54, 1.807) is 12.1 Å². The van der Waals surface area contributed by atoms with Crippen molar-refractivity contribution in [3.63, 3.8) is 0 Å². The molecule has 5 heteroatoms. The van der Waals surface area contributed by atoms with Gasteiger partial charge in [-0.05, 0) is 43.7 Å². The lowest BCUT2D eigenvalue weighted by atomic mass is 10.2. The Balaban J connectivity index is 1.86. The van der Waals surface area contributed by atoms with E-state index in [9.17, 15) is 4.39 Å². The van der Waals surface area contributed by atoms with Crippen LogP contribution in [0.15, 0.2) is 24.3 Å². The third-order valence-corrected chi connectivity index (χ3v) is 3.00. The van der Waals surface area contributed by atoms with Gasteiger partial charge in [0.15, 0.2) is 5.82 Å². The zero-order valence-electron chi connectivity index (χ0n) is 9.28. The smallest absolute Gasteiger partial charge is 0.181 e. The van der Waals surface area contributed by atoms with Crippen molar-refractivity contribution in [1.29, 1.82) is 0 Å². The lowest BCUT2D eigenvalue weighted by Crippen LogP contribution is -2.14. The van der Waals surface area contributed by atoms with Crippen LogP contribution in [0.25, 0.3) is 11.4 Å². The first-order chi connectivity index (χ1) is 8.33. The molecule has 0 radical (unpaired) electrons. The summed E-state index contributed by atoms with van der Waals surface area (Å²) in [5.41, 5.74) is 0.826. The number of aromatic nitrogens is 3. The Labute approximate surface area is 98.3 Å². The van der Waals surface area contributed by atoms with Crippen LogP contribution in [0.1, 0.15) is 24.7 Å². The van der Waals surface area contributed by atoms with Gasteiger partial charge in [0.2, 0.25) is 0 Å². The Hall–Kier alpha value is -1.75. The molecule has 2 N–H and O–H groups in total. The van der Waals surface area contributed by atoms with Gasteiger partial charge in [0.05, 0.1) is 6.04 Å². The van der Waals surface area contributed by atoms with Gasteiger partial charge in [-0.1, -0.05) is 0 Å². The van der Waals surface area contributed by atoms with E-state index < -0.39 is 0 Å². The summed E-state index contributed by atoms with van der Waals surface area (Å²) in [6.45, 7) is 1.03. The van der Waals surface area contributed by atoms with Gasteiger partial charge in [-0.15, -0.1) is 0 Å². The fourth-order valence-corrected chi connectivity index (χ4v) is 2.08. The number of H-pyrrole nitrogens is 1. The Morgan fingerprint density at radius 1 is 1.24 bits per heavy atom. The fourth-order valence-electron chi connectivity index (χ4n) is 2.08. The Bertz CT molecular complexity index is 499. The van der Waals surface area contributed by atoms with Gasteiger partial charge in [-0.25, -0.2) is 9.37 Å². The summed E-state index contributed by atoms with van der Waals surface area (Å²) in [4.78, 5) is 4.44. The van der Waals surface area contributed by atoms with Crippen molar-refractivity contribution in [1.82, 2.24) is 20.5 Å². The molecule has 1 atom stereocenters. The number of nitrogens with zero attached hydrogens (tertiary/aromatic N) is 2. The number of nitrogens with one attached hydrogen (secondary N) is 2. The summed E-state index contributed by atoms with van der Waals surface area (Å²) in [5.74, 6) is 1.23. The van der Waals surface area contributed by atoms with E-state index in [0.29, 0.717) is 5.82 Å². The molecule has 0 bridgehead atoms.